The van der Waals surface area contributed by atoms with E-state index in [4.69, 9.17) is 14.4 Å². The maximum Gasteiger partial charge on any atom is 0.222 e. The van der Waals surface area contributed by atoms with E-state index in [0.717, 1.165) is 32.9 Å². The molecule has 0 bridgehead atoms. The van der Waals surface area contributed by atoms with Gasteiger partial charge >= 0.3 is 0 Å². The quantitative estimate of drug-likeness (QED) is 0.302. The fraction of sp³-hybridized carbons (Fsp3) is 0.148. The number of para-hydroxylation sites is 1. The van der Waals surface area contributed by atoms with Crippen LogP contribution < -0.4 is 10.2 Å². The number of amides is 1. The number of carbonyl (C=O) groups excluding carboxylic acids is 1. The molecular weight excluding hydrogens is 444 g/mol. The van der Waals surface area contributed by atoms with Crippen LogP contribution in [0.15, 0.2) is 94.9 Å². The number of aromatic nitrogens is 2. The second-order valence-corrected chi connectivity index (χ2v) is 8.83. The zero-order valence-corrected chi connectivity index (χ0v) is 19.4. The summed E-state index contributed by atoms with van der Waals surface area (Å²) in [5.41, 5.74) is 1.94. The zero-order valence-electron chi connectivity index (χ0n) is 18.6. The molecule has 0 spiro atoms. The van der Waals surface area contributed by atoms with Crippen LogP contribution in [-0.2, 0) is 17.9 Å². The van der Waals surface area contributed by atoms with E-state index in [1.54, 1.807) is 17.6 Å². The SMILES string of the molecule is O=C(CCN(Cc1ccco1)c1nc(-c2cccs2)nc2ccccc12)NCc1ccccc1. The van der Waals surface area contributed by atoms with Crippen molar-refractivity contribution in [3.05, 3.63) is 102 Å². The van der Waals surface area contributed by atoms with E-state index in [2.05, 4.69) is 10.2 Å². The topological polar surface area (TPSA) is 71.3 Å². The number of rotatable bonds is 9. The van der Waals surface area contributed by atoms with Crippen molar-refractivity contribution in [1.29, 1.82) is 0 Å². The largest absolute Gasteiger partial charge is 0.467 e. The normalized spacial score (nSPS) is 10.9. The molecule has 0 aliphatic rings. The summed E-state index contributed by atoms with van der Waals surface area (Å²) >= 11 is 1.61. The highest BCUT2D eigenvalue weighted by Gasteiger charge is 2.18. The van der Waals surface area contributed by atoms with Gasteiger partial charge in [-0.3, -0.25) is 4.79 Å². The lowest BCUT2D eigenvalue weighted by Crippen LogP contribution is -2.31. The summed E-state index contributed by atoms with van der Waals surface area (Å²) in [6.07, 6.45) is 2.00. The first-order chi connectivity index (χ1) is 16.8. The summed E-state index contributed by atoms with van der Waals surface area (Å²) in [6, 6.07) is 25.7. The molecule has 170 valence electrons. The predicted octanol–water partition coefficient (Wildman–Crippen LogP) is 5.66. The predicted molar refractivity (Wildman–Crippen MR) is 136 cm³/mol. The van der Waals surface area contributed by atoms with Crippen molar-refractivity contribution >= 4 is 34.0 Å². The summed E-state index contributed by atoms with van der Waals surface area (Å²) in [7, 11) is 0. The molecule has 0 saturated heterocycles. The smallest absolute Gasteiger partial charge is 0.222 e. The van der Waals surface area contributed by atoms with Crippen LogP contribution in [0.5, 0.6) is 0 Å². The number of benzene rings is 2. The van der Waals surface area contributed by atoms with Gasteiger partial charge in [-0.15, -0.1) is 11.3 Å². The van der Waals surface area contributed by atoms with Crippen molar-refractivity contribution in [2.45, 2.75) is 19.5 Å². The van der Waals surface area contributed by atoms with Gasteiger partial charge in [0.15, 0.2) is 5.82 Å². The highest BCUT2D eigenvalue weighted by atomic mass is 32.1. The maximum atomic E-state index is 12.7. The molecule has 0 radical (unpaired) electrons. The minimum absolute atomic E-state index is 0.00913. The molecule has 5 aromatic rings. The number of thiophene rings is 1. The molecule has 0 aliphatic heterocycles. The standard InChI is InChI=1S/C27H24N4O2S/c32-25(28-18-20-8-2-1-3-9-20)14-15-31(19-21-10-6-16-33-21)27-22-11-4-5-12-23(22)29-26(30-27)24-13-7-17-34-24/h1-13,16-17H,14-15,18-19H2,(H,28,32). The van der Waals surface area contributed by atoms with E-state index in [0.29, 0.717) is 31.9 Å². The zero-order chi connectivity index (χ0) is 23.2. The maximum absolute atomic E-state index is 12.7. The molecular formula is C27H24N4O2S. The van der Waals surface area contributed by atoms with Gasteiger partial charge in [0.1, 0.15) is 11.6 Å². The van der Waals surface area contributed by atoms with E-state index >= 15 is 0 Å². The van der Waals surface area contributed by atoms with Crippen LogP contribution in [0.4, 0.5) is 5.82 Å². The molecule has 3 heterocycles. The number of nitrogens with one attached hydrogen (secondary N) is 1. The Labute approximate surface area is 201 Å². The number of nitrogens with zero attached hydrogens (tertiary/aromatic N) is 3. The number of fused-ring (bicyclic) bond motifs is 1. The van der Waals surface area contributed by atoms with Gasteiger partial charge < -0.3 is 14.6 Å². The van der Waals surface area contributed by atoms with Crippen molar-refractivity contribution in [3.63, 3.8) is 0 Å². The Balaban J connectivity index is 1.42. The van der Waals surface area contributed by atoms with Crippen LogP contribution >= 0.6 is 11.3 Å². The number of furan rings is 1. The highest BCUT2D eigenvalue weighted by molar-refractivity contribution is 7.13. The first-order valence-corrected chi connectivity index (χ1v) is 12.0. The molecule has 0 fully saturated rings. The van der Waals surface area contributed by atoms with Gasteiger partial charge in [0.05, 0.1) is 23.2 Å². The lowest BCUT2D eigenvalue weighted by molar-refractivity contribution is -0.121. The molecule has 5 rings (SSSR count). The molecule has 34 heavy (non-hydrogen) atoms. The average molecular weight is 469 g/mol. The van der Waals surface area contributed by atoms with Crippen LogP contribution in [-0.4, -0.2) is 22.4 Å². The Morgan fingerprint density at radius 1 is 0.941 bits per heavy atom. The Morgan fingerprint density at radius 2 is 1.79 bits per heavy atom. The molecule has 0 aliphatic carbocycles. The third kappa shape index (κ3) is 5.15. The Kier molecular flexibility index (Phi) is 6.63. The summed E-state index contributed by atoms with van der Waals surface area (Å²) in [5, 5.41) is 5.98. The Hall–Kier alpha value is -3.97. The molecule has 7 heteroatoms. The van der Waals surface area contributed by atoms with Gasteiger partial charge in [-0.2, -0.15) is 0 Å². The fourth-order valence-electron chi connectivity index (χ4n) is 3.79. The van der Waals surface area contributed by atoms with E-state index in [-0.39, 0.29) is 5.91 Å². The molecule has 0 unspecified atom stereocenters. The van der Waals surface area contributed by atoms with Crippen molar-refractivity contribution < 1.29 is 9.21 Å². The average Bonchev–Trinajstić information content (AvgIpc) is 3.60. The van der Waals surface area contributed by atoms with Gasteiger partial charge in [0.2, 0.25) is 5.91 Å². The van der Waals surface area contributed by atoms with Crippen molar-refractivity contribution in [2.24, 2.45) is 0 Å². The molecule has 3 aromatic heterocycles. The summed E-state index contributed by atoms with van der Waals surface area (Å²) in [5.74, 6) is 2.28. The van der Waals surface area contributed by atoms with E-state index in [1.165, 1.54) is 0 Å². The Morgan fingerprint density at radius 3 is 2.59 bits per heavy atom. The monoisotopic (exact) mass is 468 g/mol. The molecule has 0 atom stereocenters. The van der Waals surface area contributed by atoms with Crippen LogP contribution in [0, 0.1) is 0 Å². The summed E-state index contributed by atoms with van der Waals surface area (Å²) in [4.78, 5) is 25.5. The molecule has 6 nitrogen and oxygen atoms in total. The van der Waals surface area contributed by atoms with Crippen LogP contribution in [0.3, 0.4) is 0 Å². The summed E-state index contributed by atoms with van der Waals surface area (Å²) < 4.78 is 5.63. The van der Waals surface area contributed by atoms with Gasteiger partial charge in [0, 0.05) is 24.9 Å². The van der Waals surface area contributed by atoms with Gasteiger partial charge in [-0.25, -0.2) is 9.97 Å². The lowest BCUT2D eigenvalue weighted by Gasteiger charge is -2.24. The molecule has 1 amide bonds. The molecule has 1 N–H and O–H groups in total. The minimum atomic E-state index is -0.00913. The minimum Gasteiger partial charge on any atom is -0.467 e. The Bertz CT molecular complexity index is 1350. The summed E-state index contributed by atoms with van der Waals surface area (Å²) in [6.45, 7) is 1.51. The highest BCUT2D eigenvalue weighted by Crippen LogP contribution is 2.30. The van der Waals surface area contributed by atoms with Gasteiger partial charge in [-0.05, 0) is 41.3 Å². The van der Waals surface area contributed by atoms with Crippen LogP contribution in [0.1, 0.15) is 17.7 Å². The van der Waals surface area contributed by atoms with E-state index in [1.807, 2.05) is 84.2 Å². The number of carbonyl (C=O) groups is 1. The van der Waals surface area contributed by atoms with E-state index in [9.17, 15) is 4.79 Å². The third-order valence-corrected chi connectivity index (χ3v) is 6.36. The number of hydrogen-bond acceptors (Lipinski definition) is 6. The third-order valence-electron chi connectivity index (χ3n) is 5.49. The first-order valence-electron chi connectivity index (χ1n) is 11.1. The number of anilines is 1. The first kappa shape index (κ1) is 21.9. The molecule has 0 saturated carbocycles. The molecule has 2 aromatic carbocycles. The van der Waals surface area contributed by atoms with Crippen molar-refractivity contribution in [2.75, 3.05) is 11.4 Å². The van der Waals surface area contributed by atoms with Crippen LogP contribution in [0.2, 0.25) is 0 Å². The van der Waals surface area contributed by atoms with Crippen molar-refractivity contribution in [1.82, 2.24) is 15.3 Å². The lowest BCUT2D eigenvalue weighted by atomic mass is 10.2. The van der Waals surface area contributed by atoms with Gasteiger partial charge in [-0.1, -0.05) is 48.5 Å². The number of hydrogen-bond donors (Lipinski definition) is 1. The van der Waals surface area contributed by atoms with Gasteiger partial charge in [0.25, 0.3) is 0 Å². The second kappa shape index (κ2) is 10.3. The van der Waals surface area contributed by atoms with Crippen molar-refractivity contribution in [3.8, 4) is 10.7 Å². The van der Waals surface area contributed by atoms with Crippen LogP contribution in [0.25, 0.3) is 21.6 Å². The second-order valence-electron chi connectivity index (χ2n) is 7.88. The fourth-order valence-corrected chi connectivity index (χ4v) is 4.45. The van der Waals surface area contributed by atoms with E-state index < -0.39 is 0 Å².